The summed E-state index contributed by atoms with van der Waals surface area (Å²) in [7, 11) is 1.57. The molecular weight excluding hydrogens is 300 g/mol. The Balaban J connectivity index is 1.99. The summed E-state index contributed by atoms with van der Waals surface area (Å²) >= 11 is 0. The Kier molecular flexibility index (Phi) is 4.89. The first-order valence-corrected chi connectivity index (χ1v) is 7.48. The first-order chi connectivity index (χ1) is 10.9. The molecule has 0 radical (unpaired) electrons. The van der Waals surface area contributed by atoms with Crippen molar-refractivity contribution in [2.24, 2.45) is 0 Å². The van der Waals surface area contributed by atoms with Crippen LogP contribution in [-0.2, 0) is 9.53 Å². The van der Waals surface area contributed by atoms with E-state index in [0.717, 1.165) is 19.3 Å². The molecule has 0 saturated heterocycles. The fraction of sp³-hybridized carbons (Fsp3) is 0.600. The van der Waals surface area contributed by atoms with Crippen LogP contribution in [0.1, 0.15) is 48.2 Å². The van der Waals surface area contributed by atoms with Crippen LogP contribution in [0.2, 0.25) is 0 Å². The highest BCUT2D eigenvalue weighted by atomic mass is 16.5. The van der Waals surface area contributed by atoms with E-state index in [9.17, 15) is 14.9 Å². The number of anilines is 1. The number of rotatable bonds is 4. The number of likely N-dealkylation sites (N-methyl/N-ethyl adjacent to an activating group) is 1. The van der Waals surface area contributed by atoms with Gasteiger partial charge in [0.15, 0.2) is 6.61 Å². The summed E-state index contributed by atoms with van der Waals surface area (Å²) in [6, 6.07) is 2.25. The van der Waals surface area contributed by atoms with Gasteiger partial charge in [0.1, 0.15) is 11.1 Å². The van der Waals surface area contributed by atoms with Crippen molar-refractivity contribution in [3.8, 4) is 6.07 Å². The predicted octanol–water partition coefficient (Wildman–Crippen LogP) is 1.41. The minimum atomic E-state index is -0.812. The lowest BCUT2D eigenvalue weighted by atomic mass is 9.81. The number of nitrogens with zero attached hydrogens (tertiary/aromatic N) is 3. The van der Waals surface area contributed by atoms with Crippen LogP contribution in [0, 0.1) is 18.3 Å². The molecule has 1 saturated carbocycles. The number of nitriles is 1. The first kappa shape index (κ1) is 16.8. The number of nitrogens with two attached hydrogens (primary N) is 1. The second kappa shape index (κ2) is 6.69. The molecule has 0 bridgehead atoms. The van der Waals surface area contributed by atoms with Gasteiger partial charge in [-0.1, -0.05) is 24.4 Å². The van der Waals surface area contributed by atoms with Crippen LogP contribution in [0.3, 0.4) is 0 Å². The molecule has 2 N–H and O–H groups in total. The number of aromatic nitrogens is 1. The van der Waals surface area contributed by atoms with Gasteiger partial charge in [0, 0.05) is 7.05 Å². The third kappa shape index (κ3) is 3.28. The monoisotopic (exact) mass is 320 g/mol. The van der Waals surface area contributed by atoms with Crippen LogP contribution in [-0.4, -0.2) is 41.1 Å². The second-order valence-corrected chi connectivity index (χ2v) is 5.74. The predicted molar refractivity (Wildman–Crippen MR) is 80.1 cm³/mol. The molecule has 0 spiro atoms. The number of aryl methyl sites for hydroxylation is 1. The standard InChI is InChI=1S/C15H20N4O4/c1-10-12(13(17)23-18-10)14(21)22-8-11(20)19(2)15(9-16)6-4-3-5-7-15/h3-8,17H2,1-2H3. The quantitative estimate of drug-likeness (QED) is 0.832. The summed E-state index contributed by atoms with van der Waals surface area (Å²) in [6.45, 7) is 1.10. The fourth-order valence-corrected chi connectivity index (χ4v) is 2.83. The molecule has 8 heteroatoms. The van der Waals surface area contributed by atoms with Crippen LogP contribution >= 0.6 is 0 Å². The molecule has 1 aliphatic carbocycles. The zero-order chi connectivity index (χ0) is 17.0. The smallest absolute Gasteiger partial charge is 0.346 e. The molecule has 1 aliphatic rings. The minimum absolute atomic E-state index is 0.0214. The van der Waals surface area contributed by atoms with E-state index in [-0.39, 0.29) is 11.4 Å². The Morgan fingerprint density at radius 2 is 2.09 bits per heavy atom. The lowest BCUT2D eigenvalue weighted by Gasteiger charge is -2.38. The third-order valence-electron chi connectivity index (χ3n) is 4.32. The molecular formula is C15H20N4O4. The van der Waals surface area contributed by atoms with Gasteiger partial charge in [0.05, 0.1) is 11.8 Å². The van der Waals surface area contributed by atoms with Gasteiger partial charge < -0.3 is 19.9 Å². The van der Waals surface area contributed by atoms with E-state index >= 15 is 0 Å². The number of carbonyl (C=O) groups excluding carboxylic acids is 2. The first-order valence-electron chi connectivity index (χ1n) is 7.48. The maximum Gasteiger partial charge on any atom is 0.346 e. The molecule has 8 nitrogen and oxygen atoms in total. The maximum absolute atomic E-state index is 12.3. The van der Waals surface area contributed by atoms with Gasteiger partial charge in [-0.3, -0.25) is 4.79 Å². The summed E-state index contributed by atoms with van der Waals surface area (Å²) in [5, 5.41) is 13.0. The van der Waals surface area contributed by atoms with Crippen molar-refractivity contribution in [3.05, 3.63) is 11.3 Å². The number of carbonyl (C=O) groups is 2. The number of nitrogen functional groups attached to an aromatic ring is 1. The number of amides is 1. The normalized spacial score (nSPS) is 16.4. The van der Waals surface area contributed by atoms with Crippen LogP contribution in [0.5, 0.6) is 0 Å². The lowest BCUT2D eigenvalue weighted by molar-refractivity contribution is -0.138. The summed E-state index contributed by atoms with van der Waals surface area (Å²) < 4.78 is 9.68. The minimum Gasteiger partial charge on any atom is -0.452 e. The van der Waals surface area contributed by atoms with Gasteiger partial charge in [-0.25, -0.2) is 4.79 Å². The SMILES string of the molecule is Cc1noc(N)c1C(=O)OCC(=O)N(C)C1(C#N)CCCCC1. The molecule has 1 heterocycles. The topological polar surface area (TPSA) is 122 Å². The molecule has 124 valence electrons. The summed E-state index contributed by atoms with van der Waals surface area (Å²) in [5.41, 5.74) is 5.01. The molecule has 1 aromatic heterocycles. The lowest BCUT2D eigenvalue weighted by Crippen LogP contribution is -2.51. The van der Waals surface area contributed by atoms with Crippen LogP contribution in [0.15, 0.2) is 4.52 Å². The largest absolute Gasteiger partial charge is 0.452 e. The molecule has 0 unspecified atom stereocenters. The highest BCUT2D eigenvalue weighted by Crippen LogP contribution is 2.32. The molecule has 0 aliphatic heterocycles. The Labute approximate surface area is 134 Å². The van der Waals surface area contributed by atoms with E-state index in [1.54, 1.807) is 14.0 Å². The molecule has 1 fully saturated rings. The molecule has 23 heavy (non-hydrogen) atoms. The average molecular weight is 320 g/mol. The van der Waals surface area contributed by atoms with Gasteiger partial charge in [-0.05, 0) is 19.8 Å². The van der Waals surface area contributed by atoms with Crippen molar-refractivity contribution >= 4 is 17.8 Å². The average Bonchev–Trinajstić information content (AvgIpc) is 2.91. The zero-order valence-corrected chi connectivity index (χ0v) is 13.3. The number of esters is 1. The summed E-state index contributed by atoms with van der Waals surface area (Å²) in [5.74, 6) is -1.33. The fourth-order valence-electron chi connectivity index (χ4n) is 2.83. The Bertz CT molecular complexity index is 621. The van der Waals surface area contributed by atoms with Crippen molar-refractivity contribution < 1.29 is 18.8 Å². The van der Waals surface area contributed by atoms with Crippen molar-refractivity contribution in [3.63, 3.8) is 0 Å². The van der Waals surface area contributed by atoms with Gasteiger partial charge in [0.2, 0.25) is 5.88 Å². The van der Waals surface area contributed by atoms with Crippen molar-refractivity contribution in [1.29, 1.82) is 5.26 Å². The van der Waals surface area contributed by atoms with E-state index in [1.807, 2.05) is 0 Å². The number of hydrogen-bond donors (Lipinski definition) is 1. The van der Waals surface area contributed by atoms with Crippen molar-refractivity contribution in [1.82, 2.24) is 10.1 Å². The van der Waals surface area contributed by atoms with E-state index < -0.39 is 24.0 Å². The maximum atomic E-state index is 12.3. The zero-order valence-electron chi connectivity index (χ0n) is 13.3. The Morgan fingerprint density at radius 3 is 2.61 bits per heavy atom. The second-order valence-electron chi connectivity index (χ2n) is 5.74. The van der Waals surface area contributed by atoms with Gasteiger partial charge in [-0.15, -0.1) is 0 Å². The molecule has 1 amide bonds. The van der Waals surface area contributed by atoms with Crippen molar-refractivity contribution in [2.75, 3.05) is 19.4 Å². The van der Waals surface area contributed by atoms with E-state index in [1.165, 1.54) is 4.90 Å². The highest BCUT2D eigenvalue weighted by Gasteiger charge is 2.39. The number of ether oxygens (including phenoxy) is 1. The molecule has 0 aromatic carbocycles. The van der Waals surface area contributed by atoms with Gasteiger partial charge in [0.25, 0.3) is 5.91 Å². The van der Waals surface area contributed by atoms with E-state index in [4.69, 9.17) is 10.5 Å². The van der Waals surface area contributed by atoms with Crippen molar-refractivity contribution in [2.45, 2.75) is 44.6 Å². The van der Waals surface area contributed by atoms with Crippen LogP contribution in [0.4, 0.5) is 5.88 Å². The van der Waals surface area contributed by atoms with Gasteiger partial charge >= 0.3 is 5.97 Å². The molecule has 0 atom stereocenters. The number of hydrogen-bond acceptors (Lipinski definition) is 7. The third-order valence-corrected chi connectivity index (χ3v) is 4.32. The molecule has 2 rings (SSSR count). The van der Waals surface area contributed by atoms with Gasteiger partial charge in [-0.2, -0.15) is 5.26 Å². The van der Waals surface area contributed by atoms with Crippen LogP contribution < -0.4 is 5.73 Å². The summed E-state index contributed by atoms with van der Waals surface area (Å²) in [4.78, 5) is 25.6. The Morgan fingerprint density at radius 1 is 1.43 bits per heavy atom. The van der Waals surface area contributed by atoms with E-state index in [2.05, 4.69) is 15.7 Å². The molecule has 1 aromatic rings. The van der Waals surface area contributed by atoms with E-state index in [0.29, 0.717) is 18.5 Å². The highest BCUT2D eigenvalue weighted by molar-refractivity contribution is 5.96. The summed E-state index contributed by atoms with van der Waals surface area (Å²) in [6.07, 6.45) is 4.14. The van der Waals surface area contributed by atoms with Crippen LogP contribution in [0.25, 0.3) is 0 Å². The Hall–Kier alpha value is -2.56.